The van der Waals surface area contributed by atoms with E-state index in [9.17, 15) is 9.59 Å². The van der Waals surface area contributed by atoms with E-state index in [2.05, 4.69) is 6.92 Å². The van der Waals surface area contributed by atoms with Crippen molar-refractivity contribution in [1.82, 2.24) is 4.90 Å². The van der Waals surface area contributed by atoms with Gasteiger partial charge in [-0.05, 0) is 31.9 Å². The van der Waals surface area contributed by atoms with Crippen molar-refractivity contribution in [2.24, 2.45) is 0 Å². The number of benzene rings is 2. The summed E-state index contributed by atoms with van der Waals surface area (Å²) >= 11 is 0. The van der Waals surface area contributed by atoms with Crippen LogP contribution in [0.2, 0.25) is 0 Å². The summed E-state index contributed by atoms with van der Waals surface area (Å²) in [5.74, 6) is 0.643. The Hall–Kier alpha value is -2.62. The molecule has 1 aliphatic heterocycles. The molecule has 2 aromatic rings. The van der Waals surface area contributed by atoms with Crippen molar-refractivity contribution in [3.63, 3.8) is 0 Å². The normalized spacial score (nSPS) is 16.4. The van der Waals surface area contributed by atoms with Gasteiger partial charge in [-0.15, -0.1) is 0 Å². The molecule has 136 valence electrons. The molecule has 0 N–H and O–H groups in total. The number of carbonyl (C=O) groups excluding carboxylic acids is 2. The number of ketones is 1. The van der Waals surface area contributed by atoms with E-state index in [1.54, 1.807) is 24.3 Å². The molecule has 1 aliphatic rings. The van der Waals surface area contributed by atoms with Crippen LogP contribution < -0.4 is 4.74 Å². The Morgan fingerprint density at radius 3 is 2.50 bits per heavy atom. The highest BCUT2D eigenvalue weighted by molar-refractivity contribution is 6.07. The van der Waals surface area contributed by atoms with Crippen molar-refractivity contribution < 1.29 is 14.3 Å². The van der Waals surface area contributed by atoms with Crippen LogP contribution in [0.1, 0.15) is 59.4 Å². The predicted molar refractivity (Wildman–Crippen MR) is 102 cm³/mol. The third-order valence-electron chi connectivity index (χ3n) is 4.76. The molecular weight excluding hydrogens is 326 g/mol. The fourth-order valence-corrected chi connectivity index (χ4v) is 3.37. The van der Waals surface area contributed by atoms with Crippen molar-refractivity contribution in [1.29, 1.82) is 0 Å². The van der Waals surface area contributed by atoms with Crippen molar-refractivity contribution in [2.75, 3.05) is 6.54 Å². The van der Waals surface area contributed by atoms with Crippen molar-refractivity contribution in [3.05, 3.63) is 65.2 Å². The molecule has 0 aromatic heterocycles. The van der Waals surface area contributed by atoms with Gasteiger partial charge in [-0.3, -0.25) is 9.59 Å². The maximum atomic E-state index is 13.2. The number of fused-ring (bicyclic) bond motifs is 1. The molecule has 1 amide bonds. The fourth-order valence-electron chi connectivity index (χ4n) is 3.37. The molecule has 3 rings (SSSR count). The molecule has 0 aliphatic carbocycles. The Morgan fingerprint density at radius 1 is 1.08 bits per heavy atom. The molecule has 1 atom stereocenters. The van der Waals surface area contributed by atoms with Crippen LogP contribution in [0.25, 0.3) is 0 Å². The Labute approximate surface area is 154 Å². The maximum Gasteiger partial charge on any atom is 0.255 e. The quantitative estimate of drug-likeness (QED) is 0.746. The molecule has 1 heterocycles. The summed E-state index contributed by atoms with van der Waals surface area (Å²) in [6.07, 6.45) is 3.01. The summed E-state index contributed by atoms with van der Waals surface area (Å²) in [7, 11) is 0. The SMILES string of the molecule is CCCCC1CN(C(=O)c2ccccc2C(C)=O)Cc2ccccc2O1. The third kappa shape index (κ3) is 3.96. The predicted octanol–water partition coefficient (Wildman–Crippen LogP) is 4.48. The van der Waals surface area contributed by atoms with E-state index < -0.39 is 0 Å². The smallest absolute Gasteiger partial charge is 0.255 e. The number of Topliss-reactive ketones (excluding diaryl/α,β-unsaturated/α-hetero) is 1. The first kappa shape index (κ1) is 18.2. The minimum atomic E-state index is -0.113. The van der Waals surface area contributed by atoms with Crippen LogP contribution in [0.4, 0.5) is 0 Å². The highest BCUT2D eigenvalue weighted by Crippen LogP contribution is 2.27. The van der Waals surface area contributed by atoms with Gasteiger partial charge < -0.3 is 9.64 Å². The lowest BCUT2D eigenvalue weighted by Crippen LogP contribution is -2.37. The lowest BCUT2D eigenvalue weighted by Gasteiger charge is -2.25. The van der Waals surface area contributed by atoms with E-state index in [-0.39, 0.29) is 17.8 Å². The summed E-state index contributed by atoms with van der Waals surface area (Å²) in [6.45, 7) is 4.66. The number of carbonyl (C=O) groups is 2. The van der Waals surface area contributed by atoms with Gasteiger partial charge in [0.2, 0.25) is 0 Å². The number of rotatable bonds is 5. The summed E-state index contributed by atoms with van der Waals surface area (Å²) in [6, 6.07) is 14.9. The first-order valence-electron chi connectivity index (χ1n) is 9.24. The second kappa shape index (κ2) is 8.17. The van der Waals surface area contributed by atoms with Gasteiger partial charge in [0, 0.05) is 17.7 Å². The molecule has 0 saturated heterocycles. The zero-order valence-electron chi connectivity index (χ0n) is 15.4. The Kier molecular flexibility index (Phi) is 5.71. The minimum Gasteiger partial charge on any atom is -0.488 e. The molecule has 0 saturated carbocycles. The number of nitrogens with zero attached hydrogens (tertiary/aromatic N) is 1. The highest BCUT2D eigenvalue weighted by atomic mass is 16.5. The first-order valence-corrected chi connectivity index (χ1v) is 9.24. The zero-order chi connectivity index (χ0) is 18.5. The Bertz CT molecular complexity index is 799. The van der Waals surface area contributed by atoms with Gasteiger partial charge in [-0.2, -0.15) is 0 Å². The maximum absolute atomic E-state index is 13.2. The average Bonchev–Trinajstić information content (AvgIpc) is 2.84. The Balaban J connectivity index is 1.93. The molecule has 0 fully saturated rings. The molecule has 2 aromatic carbocycles. The number of hydrogen-bond donors (Lipinski definition) is 0. The third-order valence-corrected chi connectivity index (χ3v) is 4.76. The van der Waals surface area contributed by atoms with Crippen molar-refractivity contribution in [3.8, 4) is 5.75 Å². The lowest BCUT2D eigenvalue weighted by molar-refractivity contribution is 0.0664. The van der Waals surface area contributed by atoms with Crippen molar-refractivity contribution >= 4 is 11.7 Å². The highest BCUT2D eigenvalue weighted by Gasteiger charge is 2.28. The van der Waals surface area contributed by atoms with Crippen LogP contribution in [-0.2, 0) is 6.54 Å². The van der Waals surface area contributed by atoms with Gasteiger partial charge in [-0.25, -0.2) is 0 Å². The van der Waals surface area contributed by atoms with Crippen LogP contribution in [0.15, 0.2) is 48.5 Å². The monoisotopic (exact) mass is 351 g/mol. The van der Waals surface area contributed by atoms with Gasteiger partial charge in [0.1, 0.15) is 11.9 Å². The van der Waals surface area contributed by atoms with E-state index in [4.69, 9.17) is 4.74 Å². The largest absolute Gasteiger partial charge is 0.488 e. The van der Waals surface area contributed by atoms with Crippen LogP contribution in [0, 0.1) is 0 Å². The van der Waals surface area contributed by atoms with Crippen LogP contribution in [0.3, 0.4) is 0 Å². The Morgan fingerprint density at radius 2 is 1.77 bits per heavy atom. The second-order valence-corrected chi connectivity index (χ2v) is 6.78. The van der Waals surface area contributed by atoms with Gasteiger partial charge in [0.15, 0.2) is 5.78 Å². The molecular formula is C22H25NO3. The van der Waals surface area contributed by atoms with E-state index in [1.807, 2.05) is 29.2 Å². The molecule has 4 heteroatoms. The first-order chi connectivity index (χ1) is 12.6. The van der Waals surface area contributed by atoms with Gasteiger partial charge in [-0.1, -0.05) is 49.7 Å². The average molecular weight is 351 g/mol. The lowest BCUT2D eigenvalue weighted by atomic mass is 10.0. The second-order valence-electron chi connectivity index (χ2n) is 6.78. The summed E-state index contributed by atoms with van der Waals surface area (Å²) < 4.78 is 6.19. The molecule has 4 nitrogen and oxygen atoms in total. The van der Waals surface area contributed by atoms with Crippen LogP contribution in [0.5, 0.6) is 5.75 Å². The number of hydrogen-bond acceptors (Lipinski definition) is 3. The standard InChI is InChI=1S/C22H25NO3/c1-3-4-10-18-15-23(14-17-9-5-8-13-21(17)26-18)22(25)20-12-7-6-11-19(20)16(2)24/h5-9,11-13,18H,3-4,10,14-15H2,1-2H3. The number of ether oxygens (including phenoxy) is 1. The number of amides is 1. The fraction of sp³-hybridized carbons (Fsp3) is 0.364. The number of unbranched alkanes of at least 4 members (excludes halogenated alkanes) is 1. The summed E-state index contributed by atoms with van der Waals surface area (Å²) in [5.41, 5.74) is 1.94. The molecule has 0 bridgehead atoms. The molecule has 26 heavy (non-hydrogen) atoms. The number of para-hydroxylation sites is 1. The minimum absolute atomic E-state index is 0.0351. The van der Waals surface area contributed by atoms with Gasteiger partial charge >= 0.3 is 0 Å². The van der Waals surface area contributed by atoms with E-state index in [0.29, 0.717) is 24.2 Å². The van der Waals surface area contributed by atoms with E-state index >= 15 is 0 Å². The van der Waals surface area contributed by atoms with Crippen LogP contribution in [-0.4, -0.2) is 29.2 Å². The van der Waals surface area contributed by atoms with Crippen molar-refractivity contribution in [2.45, 2.75) is 45.8 Å². The summed E-state index contributed by atoms with van der Waals surface area (Å²) in [4.78, 5) is 27.0. The van der Waals surface area contributed by atoms with Crippen LogP contribution >= 0.6 is 0 Å². The molecule has 0 spiro atoms. The van der Waals surface area contributed by atoms with E-state index in [1.165, 1.54) is 6.92 Å². The van der Waals surface area contributed by atoms with E-state index in [0.717, 1.165) is 30.6 Å². The van der Waals surface area contributed by atoms with Gasteiger partial charge in [0.05, 0.1) is 12.1 Å². The zero-order valence-corrected chi connectivity index (χ0v) is 15.4. The molecule has 0 radical (unpaired) electrons. The molecule has 1 unspecified atom stereocenters. The topological polar surface area (TPSA) is 46.6 Å². The summed E-state index contributed by atoms with van der Waals surface area (Å²) in [5, 5.41) is 0. The van der Waals surface area contributed by atoms with Gasteiger partial charge in [0.25, 0.3) is 5.91 Å².